The summed E-state index contributed by atoms with van der Waals surface area (Å²) >= 11 is 0. The number of nitrogens with one attached hydrogen (secondary N) is 1. The number of aliphatic imine (C=N–C) groups is 1. The molecule has 0 radical (unpaired) electrons. The third kappa shape index (κ3) is 7.66. The summed E-state index contributed by atoms with van der Waals surface area (Å²) in [7, 11) is 1.74. The number of rotatable bonds is 9. The zero-order valence-corrected chi connectivity index (χ0v) is 20.8. The summed E-state index contributed by atoms with van der Waals surface area (Å²) < 4.78 is 17.1. The molecule has 2 unspecified atom stereocenters. The van der Waals surface area contributed by atoms with E-state index in [0.29, 0.717) is 12.0 Å². The Morgan fingerprint density at radius 3 is 2.63 bits per heavy atom. The van der Waals surface area contributed by atoms with Crippen molar-refractivity contribution in [1.29, 1.82) is 0 Å². The van der Waals surface area contributed by atoms with Crippen LogP contribution in [0.3, 0.4) is 0 Å². The molecule has 0 aromatic heterocycles. The predicted molar refractivity (Wildman–Crippen MR) is 132 cm³/mol. The highest BCUT2D eigenvalue weighted by molar-refractivity contribution is 14.0. The third-order valence-electron chi connectivity index (χ3n) is 5.74. The normalized spacial score (nSPS) is 22.7. The lowest BCUT2D eigenvalue weighted by Crippen LogP contribution is -2.47. The van der Waals surface area contributed by atoms with Gasteiger partial charge in [-0.25, -0.2) is 0 Å². The SMILES string of the molecule is CCNC(=NCC1CCOC1c1ccccc1)N1CCC(OCCCOC)CC1.I. The maximum absolute atomic E-state index is 6.03. The minimum atomic E-state index is 0. The van der Waals surface area contributed by atoms with Gasteiger partial charge in [0.1, 0.15) is 0 Å². The molecule has 0 amide bonds. The third-order valence-corrected chi connectivity index (χ3v) is 5.74. The maximum Gasteiger partial charge on any atom is 0.193 e. The predicted octanol–water partition coefficient (Wildman–Crippen LogP) is 3.87. The number of halogens is 1. The van der Waals surface area contributed by atoms with E-state index in [1.165, 1.54) is 5.56 Å². The monoisotopic (exact) mass is 531 g/mol. The second-order valence-electron chi connectivity index (χ2n) is 7.85. The maximum atomic E-state index is 6.03. The molecule has 2 aliphatic rings. The molecule has 2 fully saturated rings. The Morgan fingerprint density at radius 2 is 1.93 bits per heavy atom. The van der Waals surface area contributed by atoms with Gasteiger partial charge in [0.15, 0.2) is 5.96 Å². The summed E-state index contributed by atoms with van der Waals surface area (Å²) in [5.74, 6) is 1.47. The van der Waals surface area contributed by atoms with E-state index in [1.807, 2.05) is 0 Å². The molecule has 170 valence electrons. The number of nitrogens with zero attached hydrogens (tertiary/aromatic N) is 2. The highest BCUT2D eigenvalue weighted by atomic mass is 127. The van der Waals surface area contributed by atoms with E-state index < -0.39 is 0 Å². The van der Waals surface area contributed by atoms with Gasteiger partial charge >= 0.3 is 0 Å². The molecule has 0 bridgehead atoms. The number of benzene rings is 1. The van der Waals surface area contributed by atoms with E-state index in [-0.39, 0.29) is 30.1 Å². The van der Waals surface area contributed by atoms with Crippen LogP contribution in [0.15, 0.2) is 35.3 Å². The smallest absolute Gasteiger partial charge is 0.193 e. The van der Waals surface area contributed by atoms with Crippen LogP contribution in [0.4, 0.5) is 0 Å². The van der Waals surface area contributed by atoms with Gasteiger partial charge in [0.05, 0.1) is 12.2 Å². The van der Waals surface area contributed by atoms with E-state index in [4.69, 9.17) is 19.2 Å². The molecule has 1 N–H and O–H groups in total. The minimum absolute atomic E-state index is 0. The fourth-order valence-corrected chi connectivity index (χ4v) is 4.15. The average Bonchev–Trinajstić information content (AvgIpc) is 3.24. The molecule has 0 saturated carbocycles. The van der Waals surface area contributed by atoms with Crippen molar-refractivity contribution in [2.75, 3.05) is 53.1 Å². The second kappa shape index (κ2) is 14.2. The minimum Gasteiger partial charge on any atom is -0.385 e. The largest absolute Gasteiger partial charge is 0.385 e. The van der Waals surface area contributed by atoms with Crippen LogP contribution in [0.2, 0.25) is 0 Å². The lowest BCUT2D eigenvalue weighted by Gasteiger charge is -2.34. The van der Waals surface area contributed by atoms with Crippen LogP contribution in [0, 0.1) is 5.92 Å². The molecule has 0 aliphatic carbocycles. The van der Waals surface area contributed by atoms with Crippen molar-refractivity contribution in [3.8, 4) is 0 Å². The Balaban J connectivity index is 0.00000320. The molecule has 30 heavy (non-hydrogen) atoms. The number of hydrogen-bond donors (Lipinski definition) is 1. The van der Waals surface area contributed by atoms with Crippen LogP contribution in [-0.4, -0.2) is 70.1 Å². The zero-order chi connectivity index (χ0) is 20.3. The molecular weight excluding hydrogens is 493 g/mol. The molecule has 0 spiro atoms. The highest BCUT2D eigenvalue weighted by Crippen LogP contribution is 2.34. The number of piperidine rings is 1. The molecule has 1 aromatic carbocycles. The number of hydrogen-bond acceptors (Lipinski definition) is 4. The molecule has 3 rings (SSSR count). The average molecular weight is 531 g/mol. The van der Waals surface area contributed by atoms with Gasteiger partial charge in [-0.15, -0.1) is 24.0 Å². The molecular formula is C23H38IN3O3. The van der Waals surface area contributed by atoms with E-state index in [2.05, 4.69) is 47.5 Å². The first-order valence-electron chi connectivity index (χ1n) is 11.1. The Labute approximate surface area is 198 Å². The van der Waals surface area contributed by atoms with Crippen LogP contribution in [0.5, 0.6) is 0 Å². The fraction of sp³-hybridized carbons (Fsp3) is 0.696. The Morgan fingerprint density at radius 1 is 1.17 bits per heavy atom. The summed E-state index contributed by atoms with van der Waals surface area (Å²) in [6.07, 6.45) is 4.66. The standard InChI is InChI=1S/C23H37N3O3.HI/c1-3-24-23(26-13-10-21(11-14-26)28-16-7-15-27-2)25-18-20-12-17-29-22(20)19-8-5-4-6-9-19;/h4-6,8-9,20-22H,3,7,10-18H2,1-2H3,(H,24,25);1H. The number of likely N-dealkylation sites (tertiary alicyclic amines) is 1. The number of guanidine groups is 1. The Hall–Kier alpha value is -0.900. The van der Waals surface area contributed by atoms with E-state index >= 15 is 0 Å². The summed E-state index contributed by atoms with van der Waals surface area (Å²) in [5.41, 5.74) is 1.27. The molecule has 6 nitrogen and oxygen atoms in total. The first kappa shape index (κ1) is 25.4. The van der Waals surface area contributed by atoms with Crippen molar-refractivity contribution < 1.29 is 14.2 Å². The van der Waals surface area contributed by atoms with Crippen molar-refractivity contribution in [3.63, 3.8) is 0 Å². The Kier molecular flexibility index (Phi) is 12.0. The van der Waals surface area contributed by atoms with E-state index in [0.717, 1.165) is 77.6 Å². The van der Waals surface area contributed by atoms with Crippen molar-refractivity contribution in [2.45, 2.75) is 44.8 Å². The van der Waals surface area contributed by atoms with Gasteiger partial charge in [-0.05, 0) is 38.2 Å². The zero-order valence-electron chi connectivity index (χ0n) is 18.4. The fourth-order valence-electron chi connectivity index (χ4n) is 4.15. The highest BCUT2D eigenvalue weighted by Gasteiger charge is 2.30. The van der Waals surface area contributed by atoms with E-state index in [1.54, 1.807) is 7.11 Å². The van der Waals surface area contributed by atoms with Crippen molar-refractivity contribution >= 4 is 29.9 Å². The first-order valence-corrected chi connectivity index (χ1v) is 11.1. The van der Waals surface area contributed by atoms with Gasteiger partial charge in [0, 0.05) is 59.0 Å². The number of methoxy groups -OCH3 is 1. The van der Waals surface area contributed by atoms with Crippen LogP contribution in [-0.2, 0) is 14.2 Å². The van der Waals surface area contributed by atoms with Crippen LogP contribution < -0.4 is 5.32 Å². The topological polar surface area (TPSA) is 55.3 Å². The van der Waals surface area contributed by atoms with Gasteiger partial charge in [-0.2, -0.15) is 0 Å². The Bertz CT molecular complexity index is 609. The van der Waals surface area contributed by atoms with Gasteiger partial charge < -0.3 is 24.4 Å². The van der Waals surface area contributed by atoms with E-state index in [9.17, 15) is 0 Å². The van der Waals surface area contributed by atoms with Crippen LogP contribution >= 0.6 is 24.0 Å². The summed E-state index contributed by atoms with van der Waals surface area (Å²) in [5, 5.41) is 3.48. The summed E-state index contributed by atoms with van der Waals surface area (Å²) in [6, 6.07) is 10.6. The lowest BCUT2D eigenvalue weighted by atomic mass is 9.95. The van der Waals surface area contributed by atoms with Crippen molar-refractivity contribution in [2.24, 2.45) is 10.9 Å². The van der Waals surface area contributed by atoms with Crippen LogP contribution in [0.1, 0.15) is 44.3 Å². The first-order chi connectivity index (χ1) is 14.3. The molecule has 2 atom stereocenters. The molecule has 2 heterocycles. The van der Waals surface area contributed by atoms with Gasteiger partial charge in [0.2, 0.25) is 0 Å². The van der Waals surface area contributed by atoms with Crippen molar-refractivity contribution in [3.05, 3.63) is 35.9 Å². The molecule has 2 aliphatic heterocycles. The molecule has 7 heteroatoms. The van der Waals surface area contributed by atoms with Gasteiger partial charge in [0.25, 0.3) is 0 Å². The molecule has 1 aromatic rings. The summed E-state index contributed by atoms with van der Waals surface area (Å²) in [4.78, 5) is 7.38. The lowest BCUT2D eigenvalue weighted by molar-refractivity contribution is 0.00988. The van der Waals surface area contributed by atoms with Gasteiger partial charge in [-0.3, -0.25) is 4.99 Å². The summed E-state index contributed by atoms with van der Waals surface area (Å²) in [6.45, 7) is 8.17. The van der Waals surface area contributed by atoms with Gasteiger partial charge in [-0.1, -0.05) is 30.3 Å². The quantitative estimate of drug-likeness (QED) is 0.227. The molecule has 2 saturated heterocycles. The second-order valence-corrected chi connectivity index (χ2v) is 7.85. The van der Waals surface area contributed by atoms with Crippen molar-refractivity contribution in [1.82, 2.24) is 10.2 Å². The van der Waals surface area contributed by atoms with Crippen LogP contribution in [0.25, 0.3) is 0 Å². The number of ether oxygens (including phenoxy) is 3.